The minimum atomic E-state index is -0.758. The molecule has 9 nitrogen and oxygen atoms in total. The smallest absolute Gasteiger partial charge is 0.392 e. The van der Waals surface area contributed by atoms with E-state index < -0.39 is 23.2 Å². The highest BCUT2D eigenvalue weighted by atomic mass is 16.6. The van der Waals surface area contributed by atoms with Gasteiger partial charge in [0, 0.05) is 0 Å². The molecule has 0 saturated heterocycles. The highest BCUT2D eigenvalue weighted by molar-refractivity contribution is 5.71. The number of nitro groups is 1. The number of carbonyl (C=O) groups is 1. The van der Waals surface area contributed by atoms with Crippen molar-refractivity contribution in [3.8, 4) is 11.8 Å². The first-order valence-electron chi connectivity index (χ1n) is 4.33. The van der Waals surface area contributed by atoms with Crippen molar-refractivity contribution in [2.75, 3.05) is 20.8 Å². The van der Waals surface area contributed by atoms with Crippen molar-refractivity contribution in [2.24, 2.45) is 0 Å². The van der Waals surface area contributed by atoms with Gasteiger partial charge in [-0.25, -0.2) is 4.79 Å². The Morgan fingerprint density at radius 1 is 1.41 bits per heavy atom. The van der Waals surface area contributed by atoms with E-state index in [2.05, 4.69) is 14.7 Å². The van der Waals surface area contributed by atoms with Crippen molar-refractivity contribution in [1.29, 1.82) is 0 Å². The SMILES string of the molecule is COC(=O)COc1ncnc(OC)c1[N+](=O)[O-]. The summed E-state index contributed by atoms with van der Waals surface area (Å²) < 4.78 is 13.9. The van der Waals surface area contributed by atoms with Crippen LogP contribution in [0.4, 0.5) is 5.69 Å². The average Bonchev–Trinajstić information content (AvgIpc) is 2.34. The van der Waals surface area contributed by atoms with Gasteiger partial charge >= 0.3 is 23.4 Å². The molecule has 0 amide bonds. The number of carbonyl (C=O) groups excluding carboxylic acids is 1. The predicted octanol–water partition coefficient (Wildman–Crippen LogP) is -0.0548. The van der Waals surface area contributed by atoms with Crippen LogP contribution < -0.4 is 9.47 Å². The predicted molar refractivity (Wildman–Crippen MR) is 52.7 cm³/mol. The molecule has 0 N–H and O–H groups in total. The summed E-state index contributed by atoms with van der Waals surface area (Å²) in [5, 5.41) is 10.8. The Morgan fingerprint density at radius 3 is 2.59 bits per heavy atom. The summed E-state index contributed by atoms with van der Waals surface area (Å²) in [6.45, 7) is -0.489. The van der Waals surface area contributed by atoms with E-state index in [1.807, 2.05) is 0 Å². The number of aromatic nitrogens is 2. The molecule has 0 unspecified atom stereocenters. The number of nitrogens with zero attached hydrogens (tertiary/aromatic N) is 3. The van der Waals surface area contributed by atoms with E-state index in [-0.39, 0.29) is 11.8 Å². The molecule has 0 saturated carbocycles. The van der Waals surface area contributed by atoms with Gasteiger partial charge in [-0.2, -0.15) is 9.97 Å². The maximum absolute atomic E-state index is 10.8. The Labute approximate surface area is 95.5 Å². The molecule has 1 rings (SSSR count). The van der Waals surface area contributed by atoms with E-state index in [9.17, 15) is 14.9 Å². The van der Waals surface area contributed by atoms with E-state index >= 15 is 0 Å². The summed E-state index contributed by atoms with van der Waals surface area (Å²) in [5.41, 5.74) is -0.543. The number of ether oxygens (including phenoxy) is 3. The van der Waals surface area contributed by atoms with E-state index in [0.29, 0.717) is 0 Å². The number of methoxy groups -OCH3 is 2. The first-order chi connectivity index (χ1) is 8.10. The van der Waals surface area contributed by atoms with Crippen LogP contribution in [0.15, 0.2) is 6.33 Å². The van der Waals surface area contributed by atoms with E-state index in [1.54, 1.807) is 0 Å². The van der Waals surface area contributed by atoms with Crippen LogP contribution in [0.5, 0.6) is 11.8 Å². The Hall–Kier alpha value is -2.45. The van der Waals surface area contributed by atoms with Crippen LogP contribution >= 0.6 is 0 Å². The zero-order valence-corrected chi connectivity index (χ0v) is 9.08. The zero-order chi connectivity index (χ0) is 12.8. The van der Waals surface area contributed by atoms with Gasteiger partial charge < -0.3 is 14.2 Å². The fourth-order valence-corrected chi connectivity index (χ4v) is 0.945. The molecule has 1 aromatic rings. The Balaban J connectivity index is 2.98. The highest BCUT2D eigenvalue weighted by Crippen LogP contribution is 2.31. The average molecular weight is 243 g/mol. The van der Waals surface area contributed by atoms with Crippen LogP contribution in [0.2, 0.25) is 0 Å². The van der Waals surface area contributed by atoms with Crippen LogP contribution in [0.1, 0.15) is 0 Å². The van der Waals surface area contributed by atoms with E-state index in [4.69, 9.17) is 9.47 Å². The Bertz CT molecular complexity index is 435. The highest BCUT2D eigenvalue weighted by Gasteiger charge is 2.25. The summed E-state index contributed by atoms with van der Waals surface area (Å²) in [6, 6.07) is 0. The summed E-state index contributed by atoms with van der Waals surface area (Å²) in [4.78, 5) is 27.9. The summed E-state index contributed by atoms with van der Waals surface area (Å²) in [7, 11) is 2.39. The Morgan fingerprint density at radius 2 is 2.06 bits per heavy atom. The molecule has 0 aromatic carbocycles. The van der Waals surface area contributed by atoms with Gasteiger partial charge in [0.25, 0.3) is 0 Å². The molecule has 92 valence electrons. The lowest BCUT2D eigenvalue weighted by atomic mass is 10.5. The van der Waals surface area contributed by atoms with Gasteiger partial charge in [-0.1, -0.05) is 0 Å². The lowest BCUT2D eigenvalue weighted by Crippen LogP contribution is -2.14. The van der Waals surface area contributed by atoms with E-state index in [1.165, 1.54) is 14.2 Å². The van der Waals surface area contributed by atoms with Crippen LogP contribution in [-0.4, -0.2) is 41.7 Å². The van der Waals surface area contributed by atoms with Gasteiger partial charge in [0.2, 0.25) is 0 Å². The third kappa shape index (κ3) is 3.00. The minimum Gasteiger partial charge on any atom is -0.476 e. The van der Waals surface area contributed by atoms with Crippen molar-refractivity contribution in [3.05, 3.63) is 16.4 Å². The second-order valence-corrected chi connectivity index (χ2v) is 2.66. The molecular formula is C8H9N3O6. The second kappa shape index (κ2) is 5.58. The molecule has 9 heteroatoms. The van der Waals surface area contributed by atoms with Crippen molar-refractivity contribution >= 4 is 11.7 Å². The van der Waals surface area contributed by atoms with Crippen LogP contribution in [0.3, 0.4) is 0 Å². The van der Waals surface area contributed by atoms with Crippen molar-refractivity contribution in [2.45, 2.75) is 0 Å². The molecule has 17 heavy (non-hydrogen) atoms. The zero-order valence-electron chi connectivity index (χ0n) is 9.08. The van der Waals surface area contributed by atoms with Gasteiger partial charge in [0.05, 0.1) is 19.1 Å². The maximum Gasteiger partial charge on any atom is 0.392 e. The quantitative estimate of drug-likeness (QED) is 0.401. The van der Waals surface area contributed by atoms with E-state index in [0.717, 1.165) is 6.33 Å². The number of esters is 1. The van der Waals surface area contributed by atoms with Gasteiger partial charge in [-0.3, -0.25) is 10.1 Å². The third-order valence-electron chi connectivity index (χ3n) is 1.69. The van der Waals surface area contributed by atoms with Gasteiger partial charge in [-0.15, -0.1) is 0 Å². The van der Waals surface area contributed by atoms with Crippen molar-refractivity contribution < 1.29 is 23.9 Å². The van der Waals surface area contributed by atoms with Gasteiger partial charge in [0.1, 0.15) is 6.33 Å². The monoisotopic (exact) mass is 243 g/mol. The normalized spacial score (nSPS) is 9.53. The largest absolute Gasteiger partial charge is 0.476 e. The third-order valence-corrected chi connectivity index (χ3v) is 1.69. The lowest BCUT2D eigenvalue weighted by molar-refractivity contribution is -0.387. The molecule has 0 aliphatic carbocycles. The first-order valence-corrected chi connectivity index (χ1v) is 4.33. The minimum absolute atomic E-state index is 0.245. The molecule has 0 fully saturated rings. The summed E-state index contributed by atoms with van der Waals surface area (Å²) in [6.07, 6.45) is 1.03. The standard InChI is InChI=1S/C8H9N3O6/c1-15-5(12)3-17-8-6(11(13)14)7(16-2)9-4-10-8/h4H,3H2,1-2H3. The fourth-order valence-electron chi connectivity index (χ4n) is 0.945. The topological polar surface area (TPSA) is 114 Å². The maximum atomic E-state index is 10.8. The molecule has 1 heterocycles. The molecule has 0 aliphatic rings. The number of hydrogen-bond donors (Lipinski definition) is 0. The van der Waals surface area contributed by atoms with Gasteiger partial charge in [-0.05, 0) is 0 Å². The molecule has 1 aromatic heterocycles. The van der Waals surface area contributed by atoms with Crippen LogP contribution in [0.25, 0.3) is 0 Å². The van der Waals surface area contributed by atoms with Crippen molar-refractivity contribution in [1.82, 2.24) is 9.97 Å². The summed E-state index contributed by atoms with van der Waals surface area (Å²) >= 11 is 0. The first kappa shape index (κ1) is 12.6. The number of hydrogen-bond acceptors (Lipinski definition) is 8. The van der Waals surface area contributed by atoms with Crippen molar-refractivity contribution in [3.63, 3.8) is 0 Å². The molecule has 0 atom stereocenters. The molecule has 0 spiro atoms. The fraction of sp³-hybridized carbons (Fsp3) is 0.375. The molecule has 0 radical (unpaired) electrons. The van der Waals surface area contributed by atoms with Gasteiger partial charge in [0.15, 0.2) is 6.61 Å². The molecular weight excluding hydrogens is 234 g/mol. The Kier molecular flexibility index (Phi) is 4.14. The van der Waals surface area contributed by atoms with Crippen LogP contribution in [0, 0.1) is 10.1 Å². The number of rotatable bonds is 5. The van der Waals surface area contributed by atoms with Crippen LogP contribution in [-0.2, 0) is 9.53 Å². The summed E-state index contributed by atoms with van der Waals surface area (Å²) in [5.74, 6) is -1.28. The lowest BCUT2D eigenvalue weighted by Gasteiger charge is -2.05. The molecule has 0 bridgehead atoms. The molecule has 0 aliphatic heterocycles. The second-order valence-electron chi connectivity index (χ2n) is 2.66.